The van der Waals surface area contributed by atoms with E-state index < -0.39 is 0 Å². The Morgan fingerprint density at radius 1 is 1.42 bits per heavy atom. The molecule has 0 saturated heterocycles. The Balaban J connectivity index is 2.42. The molecule has 0 aliphatic rings. The fourth-order valence-electron chi connectivity index (χ4n) is 1.81. The van der Waals surface area contributed by atoms with E-state index in [-0.39, 0.29) is 31.1 Å². The summed E-state index contributed by atoms with van der Waals surface area (Å²) in [5.41, 5.74) is 1.10. The first-order chi connectivity index (χ1) is 9.02. The summed E-state index contributed by atoms with van der Waals surface area (Å²) in [5.74, 6) is 0.821. The first-order valence-corrected chi connectivity index (χ1v) is 6.62. The average Bonchev–Trinajstić information content (AvgIpc) is 2.36. The quantitative estimate of drug-likeness (QED) is 0.791. The summed E-state index contributed by atoms with van der Waals surface area (Å²) in [6.07, 6.45) is 0.563. The lowest BCUT2D eigenvalue weighted by molar-refractivity contribution is -0.124. The van der Waals surface area contributed by atoms with E-state index in [1.807, 2.05) is 45.0 Å². The molecule has 0 aliphatic heterocycles. The van der Waals surface area contributed by atoms with Crippen LogP contribution in [0.4, 0.5) is 0 Å². The van der Waals surface area contributed by atoms with Gasteiger partial charge in [0.25, 0.3) is 5.91 Å². The number of carbonyl (C=O) groups excluding carboxylic acids is 1. The number of benzene rings is 1. The van der Waals surface area contributed by atoms with E-state index in [2.05, 4.69) is 5.32 Å². The topological polar surface area (TPSA) is 58.6 Å². The lowest BCUT2D eigenvalue weighted by Gasteiger charge is -2.21. The van der Waals surface area contributed by atoms with Crippen molar-refractivity contribution < 1.29 is 14.6 Å². The molecule has 1 atom stereocenters. The molecule has 4 nitrogen and oxygen atoms in total. The number of hydrogen-bond donors (Lipinski definition) is 2. The third kappa shape index (κ3) is 5.75. The van der Waals surface area contributed by atoms with Crippen molar-refractivity contribution >= 4 is 5.91 Å². The van der Waals surface area contributed by atoms with Gasteiger partial charge in [-0.1, -0.05) is 26.0 Å². The van der Waals surface area contributed by atoms with Crippen molar-refractivity contribution in [3.8, 4) is 5.75 Å². The van der Waals surface area contributed by atoms with Crippen LogP contribution < -0.4 is 10.1 Å². The van der Waals surface area contributed by atoms with E-state index in [4.69, 9.17) is 9.84 Å². The fraction of sp³-hybridized carbons (Fsp3) is 0.533. The van der Waals surface area contributed by atoms with Crippen molar-refractivity contribution in [3.05, 3.63) is 29.8 Å². The van der Waals surface area contributed by atoms with Gasteiger partial charge in [0.05, 0.1) is 0 Å². The van der Waals surface area contributed by atoms with Crippen molar-refractivity contribution in [1.29, 1.82) is 0 Å². The van der Waals surface area contributed by atoms with E-state index in [1.165, 1.54) is 0 Å². The van der Waals surface area contributed by atoms with E-state index in [1.54, 1.807) is 0 Å². The number of aliphatic hydroxyl groups excluding tert-OH is 1. The Kier molecular flexibility index (Phi) is 6.36. The number of nitrogens with one attached hydrogen (secondary N) is 1. The van der Waals surface area contributed by atoms with Gasteiger partial charge in [-0.25, -0.2) is 0 Å². The predicted octanol–water partition coefficient (Wildman–Crippen LogP) is 1.90. The van der Waals surface area contributed by atoms with Crippen LogP contribution in [0.3, 0.4) is 0 Å². The van der Waals surface area contributed by atoms with Gasteiger partial charge in [-0.2, -0.15) is 0 Å². The van der Waals surface area contributed by atoms with Crippen molar-refractivity contribution in [1.82, 2.24) is 5.32 Å². The maximum Gasteiger partial charge on any atom is 0.258 e. The minimum Gasteiger partial charge on any atom is -0.484 e. The zero-order valence-corrected chi connectivity index (χ0v) is 11.8. The highest BCUT2D eigenvalue weighted by molar-refractivity contribution is 5.77. The Morgan fingerprint density at radius 2 is 2.16 bits per heavy atom. The van der Waals surface area contributed by atoms with Crippen LogP contribution in [0.25, 0.3) is 0 Å². The van der Waals surface area contributed by atoms with Gasteiger partial charge in [0.1, 0.15) is 5.75 Å². The molecule has 0 bridgehead atoms. The smallest absolute Gasteiger partial charge is 0.258 e. The third-order valence-corrected chi connectivity index (χ3v) is 2.95. The molecule has 4 heteroatoms. The third-order valence-electron chi connectivity index (χ3n) is 2.95. The van der Waals surface area contributed by atoms with Gasteiger partial charge in [-0.3, -0.25) is 4.79 Å². The molecule has 19 heavy (non-hydrogen) atoms. The Morgan fingerprint density at radius 3 is 2.74 bits per heavy atom. The highest BCUT2D eigenvalue weighted by atomic mass is 16.5. The van der Waals surface area contributed by atoms with Crippen molar-refractivity contribution in [2.45, 2.75) is 33.2 Å². The number of ether oxygens (including phenoxy) is 1. The largest absolute Gasteiger partial charge is 0.484 e. The second kappa shape index (κ2) is 7.79. The Bertz CT molecular complexity index is 404. The first-order valence-electron chi connectivity index (χ1n) is 6.62. The Hall–Kier alpha value is -1.55. The first kappa shape index (κ1) is 15.5. The van der Waals surface area contributed by atoms with Crippen molar-refractivity contribution in [3.63, 3.8) is 0 Å². The molecule has 0 fully saturated rings. The molecule has 0 radical (unpaired) electrons. The molecule has 0 spiro atoms. The highest BCUT2D eigenvalue weighted by Gasteiger charge is 2.15. The second-order valence-electron chi connectivity index (χ2n) is 5.04. The van der Waals surface area contributed by atoms with Gasteiger partial charge in [0.15, 0.2) is 6.61 Å². The Labute approximate surface area is 114 Å². The number of aliphatic hydroxyl groups is 1. The summed E-state index contributed by atoms with van der Waals surface area (Å²) in [4.78, 5) is 11.8. The summed E-state index contributed by atoms with van der Waals surface area (Å²) < 4.78 is 5.43. The summed E-state index contributed by atoms with van der Waals surface area (Å²) in [6.45, 7) is 6.08. The van der Waals surface area contributed by atoms with E-state index >= 15 is 0 Å². The molecule has 106 valence electrons. The van der Waals surface area contributed by atoms with Crippen LogP contribution in [0.5, 0.6) is 5.75 Å². The van der Waals surface area contributed by atoms with E-state index in [0.29, 0.717) is 12.2 Å². The summed E-state index contributed by atoms with van der Waals surface area (Å²) in [7, 11) is 0. The molecule has 2 N–H and O–H groups in total. The molecule has 0 heterocycles. The van der Waals surface area contributed by atoms with Crippen LogP contribution in [-0.2, 0) is 4.79 Å². The van der Waals surface area contributed by atoms with Crippen LogP contribution in [0.2, 0.25) is 0 Å². The predicted molar refractivity (Wildman–Crippen MR) is 75.1 cm³/mol. The van der Waals surface area contributed by atoms with Crippen LogP contribution in [0, 0.1) is 12.8 Å². The van der Waals surface area contributed by atoms with Crippen LogP contribution >= 0.6 is 0 Å². The molecule has 1 rings (SSSR count). The van der Waals surface area contributed by atoms with Crippen LogP contribution in [0.1, 0.15) is 25.8 Å². The number of hydrogen-bond acceptors (Lipinski definition) is 3. The molecular formula is C15H23NO3. The molecule has 0 saturated carbocycles. The van der Waals surface area contributed by atoms with Gasteiger partial charge in [0, 0.05) is 12.6 Å². The van der Waals surface area contributed by atoms with Crippen LogP contribution in [0.15, 0.2) is 24.3 Å². The average molecular weight is 265 g/mol. The van der Waals surface area contributed by atoms with Gasteiger partial charge >= 0.3 is 0 Å². The molecular weight excluding hydrogens is 242 g/mol. The minimum atomic E-state index is -0.159. The second-order valence-corrected chi connectivity index (χ2v) is 5.04. The molecule has 0 aromatic heterocycles. The summed E-state index contributed by atoms with van der Waals surface area (Å²) in [5, 5.41) is 11.8. The fourth-order valence-corrected chi connectivity index (χ4v) is 1.81. The number of aryl methyl sites for hydroxylation is 1. The number of carbonyl (C=O) groups is 1. The van der Waals surface area contributed by atoms with E-state index in [9.17, 15) is 4.79 Å². The van der Waals surface area contributed by atoms with Crippen molar-refractivity contribution in [2.24, 2.45) is 5.92 Å². The lowest BCUT2D eigenvalue weighted by Crippen LogP contribution is -2.41. The SMILES string of the molecule is Cc1cccc(OCC(=O)NC(CCO)C(C)C)c1. The maximum absolute atomic E-state index is 11.8. The highest BCUT2D eigenvalue weighted by Crippen LogP contribution is 2.12. The summed E-state index contributed by atoms with van der Waals surface area (Å²) in [6, 6.07) is 7.57. The van der Waals surface area contributed by atoms with Crippen molar-refractivity contribution in [2.75, 3.05) is 13.2 Å². The molecule has 0 aliphatic carbocycles. The molecule has 1 amide bonds. The lowest BCUT2D eigenvalue weighted by atomic mass is 10.0. The van der Waals surface area contributed by atoms with Gasteiger partial charge in [0.2, 0.25) is 0 Å². The molecule has 1 unspecified atom stereocenters. The number of rotatable bonds is 7. The summed E-state index contributed by atoms with van der Waals surface area (Å²) >= 11 is 0. The normalized spacial score (nSPS) is 12.3. The maximum atomic E-state index is 11.8. The molecule has 1 aromatic rings. The molecule has 1 aromatic carbocycles. The standard InChI is InChI=1S/C15H23NO3/c1-11(2)14(7-8-17)16-15(18)10-19-13-6-4-5-12(3)9-13/h4-6,9,11,14,17H,7-8,10H2,1-3H3,(H,16,18). The zero-order valence-electron chi connectivity index (χ0n) is 11.8. The van der Waals surface area contributed by atoms with E-state index in [0.717, 1.165) is 5.56 Å². The minimum absolute atomic E-state index is 0.00188. The van der Waals surface area contributed by atoms with Crippen LogP contribution in [-0.4, -0.2) is 30.3 Å². The van der Waals surface area contributed by atoms with Gasteiger partial charge in [-0.05, 0) is 37.0 Å². The zero-order chi connectivity index (χ0) is 14.3. The van der Waals surface area contributed by atoms with Gasteiger partial charge in [-0.15, -0.1) is 0 Å². The number of amides is 1. The van der Waals surface area contributed by atoms with Gasteiger partial charge < -0.3 is 15.2 Å². The monoisotopic (exact) mass is 265 g/mol.